The minimum absolute atomic E-state index is 0.112. The van der Waals surface area contributed by atoms with Crippen LogP contribution in [0, 0.1) is 0 Å². The van der Waals surface area contributed by atoms with Crippen molar-refractivity contribution in [3.05, 3.63) is 81.7 Å². The number of ether oxygens (including phenoxy) is 3. The molecular weight excluding hydrogens is 422 g/mol. The predicted octanol–water partition coefficient (Wildman–Crippen LogP) is 3.20. The van der Waals surface area contributed by atoms with Crippen LogP contribution in [0.2, 0.25) is 5.02 Å². The van der Waals surface area contributed by atoms with Gasteiger partial charge in [0.1, 0.15) is 24.6 Å². The Hall–Kier alpha value is -3.00. The molecule has 0 aliphatic heterocycles. The maximum Gasteiger partial charge on any atom is 0.258 e. The zero-order chi connectivity index (χ0) is 22.4. The molecule has 164 valence electrons. The number of hydrogen-bond acceptors (Lipinski definition) is 6. The Balaban J connectivity index is 1.74. The third-order valence-electron chi connectivity index (χ3n) is 4.51. The molecule has 2 N–H and O–H groups in total. The molecule has 0 aliphatic carbocycles. The van der Waals surface area contributed by atoms with E-state index in [1.807, 2.05) is 12.1 Å². The van der Waals surface area contributed by atoms with Gasteiger partial charge in [0.15, 0.2) is 11.5 Å². The highest BCUT2D eigenvalue weighted by molar-refractivity contribution is 6.30. The van der Waals surface area contributed by atoms with E-state index in [1.54, 1.807) is 42.6 Å². The van der Waals surface area contributed by atoms with Gasteiger partial charge in [0, 0.05) is 23.4 Å². The summed E-state index contributed by atoms with van der Waals surface area (Å²) in [5, 5.41) is 19.7. The van der Waals surface area contributed by atoms with Gasteiger partial charge in [-0.2, -0.15) is 0 Å². The number of pyridine rings is 1. The molecule has 1 aromatic heterocycles. The van der Waals surface area contributed by atoms with Gasteiger partial charge < -0.3 is 24.4 Å². The summed E-state index contributed by atoms with van der Waals surface area (Å²) >= 11 is 5.88. The van der Waals surface area contributed by atoms with Gasteiger partial charge in [0.2, 0.25) is 0 Å². The van der Waals surface area contributed by atoms with Gasteiger partial charge in [-0.3, -0.25) is 9.36 Å². The Morgan fingerprint density at radius 2 is 1.77 bits per heavy atom. The van der Waals surface area contributed by atoms with Gasteiger partial charge in [-0.25, -0.2) is 0 Å². The first kappa shape index (κ1) is 22.7. The standard InChI is InChI=1S/C23H24ClNO6/c1-23(28,14-26)15-31-20-8-7-18(11-21(20)29-2)25-10-9-19(12-22(25)27)30-13-16-3-5-17(24)6-4-16/h3-12,26,28H,13-15H2,1-2H3. The first-order valence-corrected chi connectivity index (χ1v) is 9.93. The van der Waals surface area contributed by atoms with E-state index in [2.05, 4.69) is 0 Å². The summed E-state index contributed by atoms with van der Waals surface area (Å²) in [7, 11) is 1.48. The Labute approximate surface area is 185 Å². The second-order valence-corrected chi connectivity index (χ2v) is 7.70. The number of halogens is 1. The van der Waals surface area contributed by atoms with E-state index in [-0.39, 0.29) is 12.2 Å². The van der Waals surface area contributed by atoms with Crippen molar-refractivity contribution in [1.29, 1.82) is 0 Å². The molecule has 3 aromatic rings. The van der Waals surface area contributed by atoms with Crippen LogP contribution in [-0.4, -0.2) is 40.7 Å². The fraction of sp³-hybridized carbons (Fsp3) is 0.261. The number of methoxy groups -OCH3 is 1. The van der Waals surface area contributed by atoms with Gasteiger partial charge >= 0.3 is 0 Å². The molecular formula is C23H24ClNO6. The molecule has 1 heterocycles. The molecule has 3 rings (SSSR count). The molecule has 7 nitrogen and oxygen atoms in total. The number of aliphatic hydroxyl groups is 2. The smallest absolute Gasteiger partial charge is 0.258 e. The lowest BCUT2D eigenvalue weighted by molar-refractivity contribution is -0.0329. The van der Waals surface area contributed by atoms with E-state index in [1.165, 1.54) is 24.7 Å². The minimum Gasteiger partial charge on any atom is -0.493 e. The molecule has 0 aliphatic rings. The second-order valence-electron chi connectivity index (χ2n) is 7.26. The molecule has 0 saturated carbocycles. The zero-order valence-electron chi connectivity index (χ0n) is 17.2. The molecule has 2 aromatic carbocycles. The largest absolute Gasteiger partial charge is 0.493 e. The van der Waals surface area contributed by atoms with Gasteiger partial charge in [-0.15, -0.1) is 0 Å². The van der Waals surface area contributed by atoms with Crippen molar-refractivity contribution in [3.63, 3.8) is 0 Å². The number of rotatable bonds is 9. The summed E-state index contributed by atoms with van der Waals surface area (Å²) in [6.45, 7) is 1.23. The zero-order valence-corrected chi connectivity index (χ0v) is 18.0. The van der Waals surface area contributed by atoms with Crippen LogP contribution < -0.4 is 19.8 Å². The van der Waals surface area contributed by atoms with Crippen molar-refractivity contribution in [1.82, 2.24) is 4.57 Å². The quantitative estimate of drug-likeness (QED) is 0.525. The molecule has 0 fully saturated rings. The minimum atomic E-state index is -1.37. The number of aliphatic hydroxyl groups excluding tert-OH is 1. The van der Waals surface area contributed by atoms with E-state index in [0.29, 0.717) is 34.6 Å². The molecule has 0 spiro atoms. The van der Waals surface area contributed by atoms with Crippen LogP contribution >= 0.6 is 11.6 Å². The molecule has 1 atom stereocenters. The van der Waals surface area contributed by atoms with Crippen molar-refractivity contribution in [2.24, 2.45) is 0 Å². The van der Waals surface area contributed by atoms with Gasteiger partial charge in [0.05, 0.1) is 19.4 Å². The van der Waals surface area contributed by atoms with E-state index in [4.69, 9.17) is 30.9 Å². The van der Waals surface area contributed by atoms with Crippen molar-refractivity contribution in [3.8, 4) is 22.9 Å². The van der Waals surface area contributed by atoms with Crippen LogP contribution in [0.15, 0.2) is 65.6 Å². The number of aromatic nitrogens is 1. The summed E-state index contributed by atoms with van der Waals surface area (Å²) in [5.74, 6) is 1.23. The normalized spacial score (nSPS) is 12.8. The summed E-state index contributed by atoms with van der Waals surface area (Å²) in [4.78, 5) is 12.6. The molecule has 0 bridgehead atoms. The van der Waals surface area contributed by atoms with Crippen molar-refractivity contribution >= 4 is 11.6 Å². The predicted molar refractivity (Wildman–Crippen MR) is 118 cm³/mol. The summed E-state index contributed by atoms with van der Waals surface area (Å²) < 4.78 is 18.0. The average Bonchev–Trinajstić information content (AvgIpc) is 2.77. The van der Waals surface area contributed by atoms with Crippen molar-refractivity contribution in [2.75, 3.05) is 20.3 Å². The fourth-order valence-corrected chi connectivity index (χ4v) is 2.84. The molecule has 0 saturated heterocycles. The Bertz CT molecular complexity index is 1080. The fourth-order valence-electron chi connectivity index (χ4n) is 2.72. The lowest BCUT2D eigenvalue weighted by Gasteiger charge is -2.21. The van der Waals surface area contributed by atoms with Gasteiger partial charge in [-0.1, -0.05) is 23.7 Å². The summed E-state index contributed by atoms with van der Waals surface area (Å²) in [6.07, 6.45) is 1.62. The van der Waals surface area contributed by atoms with Crippen LogP contribution in [0.3, 0.4) is 0 Å². The van der Waals surface area contributed by atoms with Crippen LogP contribution in [-0.2, 0) is 6.61 Å². The third-order valence-corrected chi connectivity index (χ3v) is 4.77. The van der Waals surface area contributed by atoms with E-state index >= 15 is 0 Å². The topological polar surface area (TPSA) is 90.2 Å². The lowest BCUT2D eigenvalue weighted by Crippen LogP contribution is -2.36. The Morgan fingerprint density at radius 1 is 1.03 bits per heavy atom. The van der Waals surface area contributed by atoms with Crippen LogP contribution in [0.1, 0.15) is 12.5 Å². The highest BCUT2D eigenvalue weighted by atomic mass is 35.5. The SMILES string of the molecule is COc1cc(-n2ccc(OCc3ccc(Cl)cc3)cc2=O)ccc1OCC(C)(O)CO. The van der Waals surface area contributed by atoms with Gasteiger partial charge in [0.25, 0.3) is 5.56 Å². The van der Waals surface area contributed by atoms with Crippen molar-refractivity contribution < 1.29 is 24.4 Å². The van der Waals surface area contributed by atoms with E-state index in [0.717, 1.165) is 5.56 Å². The Morgan fingerprint density at radius 3 is 2.42 bits per heavy atom. The van der Waals surface area contributed by atoms with Crippen LogP contribution in [0.4, 0.5) is 0 Å². The van der Waals surface area contributed by atoms with E-state index in [9.17, 15) is 9.90 Å². The number of hydrogen-bond donors (Lipinski definition) is 2. The van der Waals surface area contributed by atoms with Crippen LogP contribution in [0.25, 0.3) is 5.69 Å². The summed E-state index contributed by atoms with van der Waals surface area (Å²) in [5.41, 5.74) is -0.128. The van der Waals surface area contributed by atoms with Gasteiger partial charge in [-0.05, 0) is 42.8 Å². The molecule has 1 unspecified atom stereocenters. The lowest BCUT2D eigenvalue weighted by atomic mass is 10.1. The average molecular weight is 446 g/mol. The third kappa shape index (κ3) is 6.01. The van der Waals surface area contributed by atoms with E-state index < -0.39 is 12.2 Å². The molecule has 0 amide bonds. The first-order valence-electron chi connectivity index (χ1n) is 9.56. The summed E-state index contributed by atoms with van der Waals surface area (Å²) in [6, 6.07) is 15.4. The maximum atomic E-state index is 12.6. The number of benzene rings is 2. The maximum absolute atomic E-state index is 12.6. The number of nitrogens with zero attached hydrogens (tertiary/aromatic N) is 1. The second kappa shape index (κ2) is 9.87. The monoisotopic (exact) mass is 445 g/mol. The highest BCUT2D eigenvalue weighted by Gasteiger charge is 2.21. The molecule has 8 heteroatoms. The van der Waals surface area contributed by atoms with Crippen LogP contribution in [0.5, 0.6) is 17.2 Å². The van der Waals surface area contributed by atoms with Crippen molar-refractivity contribution in [2.45, 2.75) is 19.1 Å². The molecule has 31 heavy (non-hydrogen) atoms. The first-order chi connectivity index (χ1) is 14.8. The highest BCUT2D eigenvalue weighted by Crippen LogP contribution is 2.30. The molecule has 0 radical (unpaired) electrons. The Kier molecular flexibility index (Phi) is 7.22.